The Labute approximate surface area is 111 Å². The molecule has 0 radical (unpaired) electrons. The maximum absolute atomic E-state index is 13.2. The Morgan fingerprint density at radius 1 is 1.50 bits per heavy atom. The van der Waals surface area contributed by atoms with Gasteiger partial charge in [0.2, 0.25) is 5.91 Å². The summed E-state index contributed by atoms with van der Waals surface area (Å²) in [4.78, 5) is 12.2. The molecule has 0 saturated heterocycles. The van der Waals surface area contributed by atoms with Crippen LogP contribution in [-0.4, -0.2) is 18.2 Å². The van der Waals surface area contributed by atoms with Crippen molar-refractivity contribution in [2.45, 2.75) is 25.2 Å². The van der Waals surface area contributed by atoms with Crippen LogP contribution in [0.15, 0.2) is 23.1 Å². The fourth-order valence-electron chi connectivity index (χ4n) is 1.30. The summed E-state index contributed by atoms with van der Waals surface area (Å²) in [7, 11) is 0. The highest BCUT2D eigenvalue weighted by Gasteiger charge is 2.05. The smallest absolute Gasteiger partial charge is 0.230 e. The first-order valence-electron chi connectivity index (χ1n) is 5.93. The number of anilines is 1. The van der Waals surface area contributed by atoms with Crippen LogP contribution in [0, 0.1) is 11.7 Å². The summed E-state index contributed by atoms with van der Waals surface area (Å²) in [5.74, 6) is 0.392. The lowest BCUT2D eigenvalue weighted by Crippen LogP contribution is -2.26. The average molecular weight is 270 g/mol. The van der Waals surface area contributed by atoms with Gasteiger partial charge in [-0.1, -0.05) is 13.8 Å². The molecule has 0 heterocycles. The summed E-state index contributed by atoms with van der Waals surface area (Å²) in [5, 5.41) is 2.83. The molecule has 0 saturated carbocycles. The zero-order chi connectivity index (χ0) is 13.5. The summed E-state index contributed by atoms with van der Waals surface area (Å²) in [6.07, 6.45) is 0.965. The number of benzene rings is 1. The molecule has 0 aromatic heterocycles. The molecule has 5 heteroatoms. The number of amides is 1. The minimum absolute atomic E-state index is 0.0297. The fraction of sp³-hybridized carbons (Fsp3) is 0.462. The number of halogens is 1. The average Bonchev–Trinajstić information content (AvgIpc) is 2.30. The van der Waals surface area contributed by atoms with Gasteiger partial charge in [0.25, 0.3) is 0 Å². The van der Waals surface area contributed by atoms with E-state index in [1.54, 1.807) is 6.07 Å². The van der Waals surface area contributed by atoms with Crippen LogP contribution in [0.4, 0.5) is 10.1 Å². The molecular weight excluding hydrogens is 251 g/mol. The van der Waals surface area contributed by atoms with Crippen LogP contribution in [-0.2, 0) is 4.79 Å². The summed E-state index contributed by atoms with van der Waals surface area (Å²) in [6, 6.07) is 4.57. The lowest BCUT2D eigenvalue weighted by Gasteiger charge is -2.07. The van der Waals surface area contributed by atoms with Gasteiger partial charge in [0.05, 0.1) is 11.4 Å². The van der Waals surface area contributed by atoms with Crippen molar-refractivity contribution in [2.24, 2.45) is 5.92 Å². The standard InChI is InChI=1S/C13H19FN2OS/c1-9(2)5-6-16-13(17)8-18-10-3-4-12(15)11(14)7-10/h3-4,7,9H,5-6,8,15H2,1-2H3,(H,16,17). The number of carbonyl (C=O) groups excluding carboxylic acids is 1. The summed E-state index contributed by atoms with van der Waals surface area (Å²) < 4.78 is 13.2. The number of hydrogen-bond acceptors (Lipinski definition) is 3. The third-order valence-corrected chi connectivity index (χ3v) is 3.38. The van der Waals surface area contributed by atoms with E-state index >= 15 is 0 Å². The van der Waals surface area contributed by atoms with E-state index in [0.717, 1.165) is 6.42 Å². The molecule has 0 spiro atoms. The highest BCUT2D eigenvalue weighted by Crippen LogP contribution is 2.21. The molecule has 0 atom stereocenters. The summed E-state index contributed by atoms with van der Waals surface area (Å²) in [5.41, 5.74) is 5.50. The number of rotatable bonds is 6. The second-order valence-corrected chi connectivity index (χ2v) is 5.55. The van der Waals surface area contributed by atoms with Gasteiger partial charge in [-0.05, 0) is 30.5 Å². The monoisotopic (exact) mass is 270 g/mol. The minimum atomic E-state index is -0.444. The second kappa shape index (κ2) is 7.26. The van der Waals surface area contributed by atoms with Crippen LogP contribution in [0.1, 0.15) is 20.3 Å². The number of nitrogens with two attached hydrogens (primary N) is 1. The third-order valence-electron chi connectivity index (χ3n) is 2.39. The maximum atomic E-state index is 13.2. The molecular formula is C13H19FN2OS. The maximum Gasteiger partial charge on any atom is 0.230 e. The van der Waals surface area contributed by atoms with E-state index in [4.69, 9.17) is 5.73 Å². The van der Waals surface area contributed by atoms with Crippen molar-refractivity contribution in [3.05, 3.63) is 24.0 Å². The normalized spacial score (nSPS) is 10.7. The molecule has 1 amide bonds. The lowest BCUT2D eigenvalue weighted by atomic mass is 10.1. The van der Waals surface area contributed by atoms with E-state index in [2.05, 4.69) is 19.2 Å². The predicted molar refractivity (Wildman–Crippen MR) is 74.0 cm³/mol. The number of carbonyl (C=O) groups is 1. The van der Waals surface area contributed by atoms with Crippen molar-refractivity contribution in [1.82, 2.24) is 5.32 Å². The molecule has 0 fully saturated rings. The SMILES string of the molecule is CC(C)CCNC(=O)CSc1ccc(N)c(F)c1. The van der Waals surface area contributed by atoms with Crippen molar-refractivity contribution < 1.29 is 9.18 Å². The van der Waals surface area contributed by atoms with Crippen LogP contribution in [0.25, 0.3) is 0 Å². The van der Waals surface area contributed by atoms with Gasteiger partial charge in [0.1, 0.15) is 5.82 Å². The molecule has 0 aliphatic carbocycles. The topological polar surface area (TPSA) is 55.1 Å². The molecule has 0 aliphatic heterocycles. The van der Waals surface area contributed by atoms with Crippen LogP contribution >= 0.6 is 11.8 Å². The Morgan fingerprint density at radius 2 is 2.22 bits per heavy atom. The van der Waals surface area contributed by atoms with Crippen molar-refractivity contribution >= 4 is 23.4 Å². The van der Waals surface area contributed by atoms with Gasteiger partial charge in [-0.2, -0.15) is 0 Å². The molecule has 1 aromatic carbocycles. The van der Waals surface area contributed by atoms with Crippen molar-refractivity contribution in [3.63, 3.8) is 0 Å². The van der Waals surface area contributed by atoms with E-state index in [-0.39, 0.29) is 11.6 Å². The van der Waals surface area contributed by atoms with Crippen molar-refractivity contribution in [3.8, 4) is 0 Å². The summed E-state index contributed by atoms with van der Waals surface area (Å²) >= 11 is 1.30. The number of thioether (sulfide) groups is 1. The van der Waals surface area contributed by atoms with Gasteiger partial charge < -0.3 is 11.1 Å². The first-order valence-corrected chi connectivity index (χ1v) is 6.92. The van der Waals surface area contributed by atoms with Gasteiger partial charge in [-0.25, -0.2) is 4.39 Å². The molecule has 0 unspecified atom stereocenters. The molecule has 1 rings (SSSR count). The molecule has 1 aromatic rings. The molecule has 3 nitrogen and oxygen atoms in total. The third kappa shape index (κ3) is 5.40. The molecule has 0 bridgehead atoms. The number of hydrogen-bond donors (Lipinski definition) is 2. The summed E-state index contributed by atoms with van der Waals surface area (Å²) in [6.45, 7) is 4.91. The molecule has 18 heavy (non-hydrogen) atoms. The van der Waals surface area contributed by atoms with E-state index in [1.807, 2.05) is 0 Å². The van der Waals surface area contributed by atoms with E-state index in [0.29, 0.717) is 23.1 Å². The lowest BCUT2D eigenvalue weighted by molar-refractivity contribution is -0.118. The Kier molecular flexibility index (Phi) is 5.98. The predicted octanol–water partition coefficient (Wildman–Crippen LogP) is 2.66. The van der Waals surface area contributed by atoms with E-state index in [9.17, 15) is 9.18 Å². The Hall–Kier alpha value is -1.23. The Morgan fingerprint density at radius 3 is 2.83 bits per heavy atom. The van der Waals surface area contributed by atoms with Gasteiger partial charge in [0.15, 0.2) is 0 Å². The van der Waals surface area contributed by atoms with Crippen molar-refractivity contribution in [1.29, 1.82) is 0 Å². The Balaban J connectivity index is 2.31. The zero-order valence-corrected chi connectivity index (χ0v) is 11.5. The van der Waals surface area contributed by atoms with Gasteiger partial charge in [-0.15, -0.1) is 11.8 Å². The fourth-order valence-corrected chi connectivity index (χ4v) is 2.05. The van der Waals surface area contributed by atoms with Gasteiger partial charge in [-0.3, -0.25) is 4.79 Å². The first-order chi connectivity index (χ1) is 8.49. The van der Waals surface area contributed by atoms with E-state index < -0.39 is 5.82 Å². The van der Waals surface area contributed by atoms with Crippen molar-refractivity contribution in [2.75, 3.05) is 18.0 Å². The second-order valence-electron chi connectivity index (χ2n) is 4.50. The van der Waals surface area contributed by atoms with E-state index in [1.165, 1.54) is 23.9 Å². The van der Waals surface area contributed by atoms with Crippen LogP contribution in [0.2, 0.25) is 0 Å². The highest BCUT2D eigenvalue weighted by molar-refractivity contribution is 8.00. The van der Waals surface area contributed by atoms with Gasteiger partial charge in [0, 0.05) is 11.4 Å². The molecule has 3 N–H and O–H groups in total. The van der Waals surface area contributed by atoms with Gasteiger partial charge >= 0.3 is 0 Å². The Bertz CT molecular complexity index is 410. The number of nitrogen functional groups attached to an aromatic ring is 1. The van der Waals surface area contributed by atoms with Crippen LogP contribution in [0.5, 0.6) is 0 Å². The minimum Gasteiger partial charge on any atom is -0.396 e. The zero-order valence-electron chi connectivity index (χ0n) is 10.7. The largest absolute Gasteiger partial charge is 0.396 e. The van der Waals surface area contributed by atoms with Crippen LogP contribution < -0.4 is 11.1 Å². The quantitative estimate of drug-likeness (QED) is 0.617. The van der Waals surface area contributed by atoms with Crippen LogP contribution in [0.3, 0.4) is 0 Å². The highest BCUT2D eigenvalue weighted by atomic mass is 32.2. The molecule has 100 valence electrons. The molecule has 0 aliphatic rings. The number of nitrogens with one attached hydrogen (secondary N) is 1. The first kappa shape index (κ1) is 14.8.